The predicted octanol–water partition coefficient (Wildman–Crippen LogP) is 5.46. The fourth-order valence-corrected chi connectivity index (χ4v) is 2.85. The molecular formula is C22H16F2N4O. The van der Waals surface area contributed by atoms with Crippen molar-refractivity contribution in [2.45, 2.75) is 0 Å². The molecule has 0 atom stereocenters. The van der Waals surface area contributed by atoms with Crippen molar-refractivity contribution in [3.8, 4) is 16.9 Å². The molecule has 0 unspecified atom stereocenters. The monoisotopic (exact) mass is 390 g/mol. The van der Waals surface area contributed by atoms with Crippen LogP contribution in [0, 0.1) is 11.6 Å². The van der Waals surface area contributed by atoms with E-state index < -0.39 is 17.7 Å². The van der Waals surface area contributed by atoms with Gasteiger partial charge in [-0.15, -0.1) is 0 Å². The number of hydrogen-bond donors (Lipinski definition) is 2. The van der Waals surface area contributed by atoms with Crippen LogP contribution in [0.25, 0.3) is 16.9 Å². The minimum Gasteiger partial charge on any atom is -0.305 e. The smallest absolute Gasteiger partial charge is 0.305 e. The average Bonchev–Trinajstić information content (AvgIpc) is 3.15. The Bertz CT molecular complexity index is 1140. The number of nitrogens with one attached hydrogen (secondary N) is 2. The molecule has 2 N–H and O–H groups in total. The number of amides is 2. The molecule has 0 saturated carbocycles. The lowest BCUT2D eigenvalue weighted by molar-refractivity contribution is 0.262. The number of urea groups is 1. The van der Waals surface area contributed by atoms with E-state index in [-0.39, 0.29) is 5.69 Å². The van der Waals surface area contributed by atoms with Gasteiger partial charge in [0.15, 0.2) is 0 Å². The third-order valence-electron chi connectivity index (χ3n) is 4.21. The Hall–Kier alpha value is -4.00. The van der Waals surface area contributed by atoms with Crippen molar-refractivity contribution in [1.29, 1.82) is 0 Å². The maximum Gasteiger partial charge on any atom is 0.323 e. The number of carbonyl (C=O) groups is 1. The Kier molecular flexibility index (Phi) is 5.03. The summed E-state index contributed by atoms with van der Waals surface area (Å²) in [6.07, 6.45) is 1.68. The molecule has 0 aliphatic rings. The number of halogens is 2. The van der Waals surface area contributed by atoms with Crippen molar-refractivity contribution in [2.75, 3.05) is 10.6 Å². The second-order valence-corrected chi connectivity index (χ2v) is 6.24. The molecule has 0 bridgehead atoms. The van der Waals surface area contributed by atoms with Gasteiger partial charge in [0.05, 0.1) is 23.3 Å². The second-order valence-electron chi connectivity index (χ2n) is 6.24. The number of hydrogen-bond acceptors (Lipinski definition) is 2. The molecule has 1 heterocycles. The number of rotatable bonds is 4. The summed E-state index contributed by atoms with van der Waals surface area (Å²) in [7, 11) is 0. The summed E-state index contributed by atoms with van der Waals surface area (Å²) in [5.74, 6) is -1.58. The van der Waals surface area contributed by atoms with Gasteiger partial charge in [-0.1, -0.05) is 48.5 Å². The molecule has 0 radical (unpaired) electrons. The highest BCUT2D eigenvalue weighted by atomic mass is 19.1. The highest BCUT2D eigenvalue weighted by Gasteiger charge is 2.15. The maximum absolute atomic E-state index is 13.8. The first-order valence-electron chi connectivity index (χ1n) is 8.84. The Balaban J connectivity index is 1.65. The van der Waals surface area contributed by atoms with E-state index in [4.69, 9.17) is 0 Å². The molecule has 0 aliphatic heterocycles. The number of anilines is 2. The summed E-state index contributed by atoms with van der Waals surface area (Å²) in [6, 6.07) is 21.1. The van der Waals surface area contributed by atoms with Gasteiger partial charge in [-0.05, 0) is 24.3 Å². The standard InChI is InChI=1S/C22H16F2N4O/c23-16-11-12-19(18(24)13-16)25-22(29)26-20-14-28(17-9-5-2-6-10-17)27-21(20)15-7-3-1-4-8-15/h1-14H,(H2,25,26,29). The van der Waals surface area contributed by atoms with Crippen LogP contribution < -0.4 is 10.6 Å². The van der Waals surface area contributed by atoms with E-state index >= 15 is 0 Å². The molecule has 4 aromatic rings. The van der Waals surface area contributed by atoms with Gasteiger partial charge in [-0.2, -0.15) is 5.10 Å². The molecule has 0 aliphatic carbocycles. The molecular weight excluding hydrogens is 374 g/mol. The van der Waals surface area contributed by atoms with E-state index in [1.807, 2.05) is 60.7 Å². The van der Waals surface area contributed by atoms with E-state index in [2.05, 4.69) is 15.7 Å². The van der Waals surface area contributed by atoms with Gasteiger partial charge in [0.25, 0.3) is 0 Å². The summed E-state index contributed by atoms with van der Waals surface area (Å²) in [5, 5.41) is 9.67. The molecule has 0 spiro atoms. The third kappa shape index (κ3) is 4.14. The largest absolute Gasteiger partial charge is 0.323 e. The Morgan fingerprint density at radius 3 is 2.17 bits per heavy atom. The van der Waals surface area contributed by atoms with Crippen molar-refractivity contribution in [3.05, 3.63) is 96.7 Å². The van der Waals surface area contributed by atoms with Crippen molar-refractivity contribution in [1.82, 2.24) is 9.78 Å². The molecule has 4 rings (SSSR count). The van der Waals surface area contributed by atoms with Crippen LogP contribution in [0.1, 0.15) is 0 Å². The van der Waals surface area contributed by atoms with Crippen LogP contribution in [-0.4, -0.2) is 15.8 Å². The minimum absolute atomic E-state index is 0.124. The van der Waals surface area contributed by atoms with Crippen molar-refractivity contribution in [2.24, 2.45) is 0 Å². The zero-order chi connectivity index (χ0) is 20.2. The fraction of sp³-hybridized carbons (Fsp3) is 0. The van der Waals surface area contributed by atoms with Gasteiger partial charge in [-0.3, -0.25) is 0 Å². The quantitative estimate of drug-likeness (QED) is 0.486. The normalized spacial score (nSPS) is 10.6. The van der Waals surface area contributed by atoms with E-state index in [1.54, 1.807) is 10.9 Å². The van der Waals surface area contributed by atoms with Crippen LogP contribution in [-0.2, 0) is 0 Å². The zero-order valence-corrected chi connectivity index (χ0v) is 15.1. The van der Waals surface area contributed by atoms with Crippen molar-refractivity contribution in [3.63, 3.8) is 0 Å². The van der Waals surface area contributed by atoms with Crippen LogP contribution in [0.15, 0.2) is 85.1 Å². The summed E-state index contributed by atoms with van der Waals surface area (Å²) < 4.78 is 28.5. The summed E-state index contributed by atoms with van der Waals surface area (Å²) in [6.45, 7) is 0. The second kappa shape index (κ2) is 7.93. The number of benzene rings is 3. The Morgan fingerprint density at radius 2 is 1.48 bits per heavy atom. The van der Waals surface area contributed by atoms with E-state index in [1.165, 1.54) is 0 Å². The summed E-state index contributed by atoms with van der Waals surface area (Å²) in [4.78, 5) is 12.4. The molecule has 2 amide bonds. The molecule has 7 heteroatoms. The molecule has 144 valence electrons. The van der Waals surface area contributed by atoms with Crippen LogP contribution in [0.5, 0.6) is 0 Å². The van der Waals surface area contributed by atoms with Crippen LogP contribution >= 0.6 is 0 Å². The highest BCUT2D eigenvalue weighted by molar-refractivity contribution is 6.01. The Labute approximate surface area is 165 Å². The molecule has 1 aromatic heterocycles. The number of carbonyl (C=O) groups excluding carboxylic acids is 1. The number of para-hydroxylation sites is 1. The first-order valence-corrected chi connectivity index (χ1v) is 8.84. The van der Waals surface area contributed by atoms with Gasteiger partial charge in [0, 0.05) is 11.6 Å². The van der Waals surface area contributed by atoms with Crippen LogP contribution in [0.4, 0.5) is 25.0 Å². The molecule has 0 saturated heterocycles. The van der Waals surface area contributed by atoms with Gasteiger partial charge < -0.3 is 10.6 Å². The van der Waals surface area contributed by atoms with Gasteiger partial charge in [0.2, 0.25) is 0 Å². The molecule has 5 nitrogen and oxygen atoms in total. The van der Waals surface area contributed by atoms with Gasteiger partial charge in [-0.25, -0.2) is 18.3 Å². The molecule has 29 heavy (non-hydrogen) atoms. The van der Waals surface area contributed by atoms with Crippen LogP contribution in [0.2, 0.25) is 0 Å². The van der Waals surface area contributed by atoms with Crippen molar-refractivity contribution < 1.29 is 13.6 Å². The number of nitrogens with zero attached hydrogens (tertiary/aromatic N) is 2. The first-order chi connectivity index (χ1) is 14.1. The van der Waals surface area contributed by atoms with Gasteiger partial charge >= 0.3 is 6.03 Å². The SMILES string of the molecule is O=C(Nc1ccc(F)cc1F)Nc1cn(-c2ccccc2)nc1-c1ccccc1. The molecule has 3 aromatic carbocycles. The lowest BCUT2D eigenvalue weighted by Gasteiger charge is -2.08. The van der Waals surface area contributed by atoms with E-state index in [0.29, 0.717) is 17.4 Å². The topological polar surface area (TPSA) is 59.0 Å². The predicted molar refractivity (Wildman–Crippen MR) is 108 cm³/mol. The lowest BCUT2D eigenvalue weighted by atomic mass is 10.1. The maximum atomic E-state index is 13.8. The summed E-state index contributed by atoms with van der Waals surface area (Å²) in [5.41, 5.74) is 2.51. The zero-order valence-electron chi connectivity index (χ0n) is 15.1. The van der Waals surface area contributed by atoms with E-state index in [0.717, 1.165) is 23.4 Å². The van der Waals surface area contributed by atoms with E-state index in [9.17, 15) is 13.6 Å². The van der Waals surface area contributed by atoms with Crippen LogP contribution in [0.3, 0.4) is 0 Å². The third-order valence-corrected chi connectivity index (χ3v) is 4.21. The Morgan fingerprint density at radius 1 is 0.828 bits per heavy atom. The summed E-state index contributed by atoms with van der Waals surface area (Å²) >= 11 is 0. The number of aromatic nitrogens is 2. The van der Waals surface area contributed by atoms with Crippen molar-refractivity contribution >= 4 is 17.4 Å². The molecule has 0 fully saturated rings. The first kappa shape index (κ1) is 18.4. The highest BCUT2D eigenvalue weighted by Crippen LogP contribution is 2.28. The lowest BCUT2D eigenvalue weighted by Crippen LogP contribution is -2.20. The fourth-order valence-electron chi connectivity index (χ4n) is 2.85. The minimum atomic E-state index is -0.858. The van der Waals surface area contributed by atoms with Gasteiger partial charge in [0.1, 0.15) is 17.3 Å². The average molecular weight is 390 g/mol.